The molecule has 0 fully saturated rings. The summed E-state index contributed by atoms with van der Waals surface area (Å²) in [7, 11) is 3.17. The molecule has 0 radical (unpaired) electrons. The van der Waals surface area contributed by atoms with Gasteiger partial charge in [-0.2, -0.15) is 0 Å². The molecule has 0 rings (SSSR count). The zero-order valence-corrected chi connectivity index (χ0v) is 8.17. The molecule has 0 spiro atoms. The van der Waals surface area contributed by atoms with Crippen molar-refractivity contribution in [1.82, 2.24) is 10.6 Å². The van der Waals surface area contributed by atoms with Gasteiger partial charge in [0.05, 0.1) is 13.2 Å². The summed E-state index contributed by atoms with van der Waals surface area (Å²) in [5.41, 5.74) is 0. The summed E-state index contributed by atoms with van der Waals surface area (Å²) in [6.45, 7) is 0.844. The van der Waals surface area contributed by atoms with Gasteiger partial charge in [0.2, 0.25) is 5.91 Å². The molecule has 0 aromatic rings. The second-order valence-electron chi connectivity index (χ2n) is 2.72. The van der Waals surface area contributed by atoms with Gasteiger partial charge >= 0.3 is 0 Å². The van der Waals surface area contributed by atoms with Crippen LogP contribution in [-0.2, 0) is 9.53 Å². The summed E-state index contributed by atoms with van der Waals surface area (Å²) >= 11 is 0. The average molecular weight is 190 g/mol. The van der Waals surface area contributed by atoms with E-state index in [0.717, 1.165) is 0 Å². The largest absolute Gasteiger partial charge is 0.396 e. The Morgan fingerprint density at radius 1 is 1.62 bits per heavy atom. The van der Waals surface area contributed by atoms with Gasteiger partial charge in [-0.15, -0.1) is 0 Å². The molecule has 5 nitrogen and oxygen atoms in total. The summed E-state index contributed by atoms with van der Waals surface area (Å²) in [5, 5.41) is 14.2. The van der Waals surface area contributed by atoms with Crippen molar-refractivity contribution < 1.29 is 14.6 Å². The summed E-state index contributed by atoms with van der Waals surface area (Å²) in [5.74, 6) is -0.0703. The van der Waals surface area contributed by atoms with Crippen molar-refractivity contribution in [2.45, 2.75) is 12.5 Å². The number of ether oxygens (including phenoxy) is 1. The molecule has 0 aliphatic carbocycles. The first kappa shape index (κ1) is 12.3. The molecule has 0 aliphatic rings. The van der Waals surface area contributed by atoms with Crippen LogP contribution in [0, 0.1) is 0 Å². The minimum Gasteiger partial charge on any atom is -0.396 e. The van der Waals surface area contributed by atoms with Gasteiger partial charge in [-0.1, -0.05) is 0 Å². The van der Waals surface area contributed by atoms with E-state index in [1.54, 1.807) is 14.2 Å². The predicted molar refractivity (Wildman–Crippen MR) is 49.4 cm³/mol. The molecule has 0 aromatic heterocycles. The fourth-order valence-electron chi connectivity index (χ4n) is 0.927. The van der Waals surface area contributed by atoms with Crippen LogP contribution in [0.15, 0.2) is 0 Å². The third-order valence-corrected chi connectivity index (χ3v) is 1.68. The van der Waals surface area contributed by atoms with Gasteiger partial charge in [0.1, 0.15) is 0 Å². The quantitative estimate of drug-likeness (QED) is 0.467. The van der Waals surface area contributed by atoms with Crippen molar-refractivity contribution in [3.05, 3.63) is 0 Å². The summed E-state index contributed by atoms with van der Waals surface area (Å²) in [6, 6.07) is 0.0345. The highest BCUT2D eigenvalue weighted by Crippen LogP contribution is 1.90. The predicted octanol–water partition coefficient (Wildman–Crippen LogP) is -1.28. The number of rotatable bonds is 7. The number of carbonyl (C=O) groups is 1. The lowest BCUT2D eigenvalue weighted by atomic mass is 10.2. The first-order valence-electron chi connectivity index (χ1n) is 4.28. The van der Waals surface area contributed by atoms with Crippen LogP contribution in [0.25, 0.3) is 0 Å². The third-order valence-electron chi connectivity index (χ3n) is 1.68. The Kier molecular flexibility index (Phi) is 7.57. The van der Waals surface area contributed by atoms with E-state index in [2.05, 4.69) is 10.6 Å². The Hall–Kier alpha value is -0.650. The molecule has 78 valence electrons. The summed E-state index contributed by atoms with van der Waals surface area (Å²) < 4.78 is 4.92. The molecule has 5 heteroatoms. The van der Waals surface area contributed by atoms with Crippen LogP contribution >= 0.6 is 0 Å². The molecular formula is C8H18N2O3. The van der Waals surface area contributed by atoms with Gasteiger partial charge in [-0.05, 0) is 6.42 Å². The van der Waals surface area contributed by atoms with E-state index in [1.807, 2.05) is 0 Å². The van der Waals surface area contributed by atoms with Crippen LogP contribution in [0.3, 0.4) is 0 Å². The van der Waals surface area contributed by atoms with E-state index in [0.29, 0.717) is 13.0 Å². The van der Waals surface area contributed by atoms with Gasteiger partial charge in [-0.3, -0.25) is 4.79 Å². The minimum absolute atomic E-state index is 0.0345. The molecule has 3 N–H and O–H groups in total. The van der Waals surface area contributed by atoms with E-state index in [-0.39, 0.29) is 25.1 Å². The van der Waals surface area contributed by atoms with E-state index >= 15 is 0 Å². The van der Waals surface area contributed by atoms with Gasteiger partial charge < -0.3 is 20.5 Å². The summed E-state index contributed by atoms with van der Waals surface area (Å²) in [6.07, 6.45) is 0.588. The van der Waals surface area contributed by atoms with E-state index in [1.165, 1.54) is 0 Å². The van der Waals surface area contributed by atoms with Crippen molar-refractivity contribution in [3.63, 3.8) is 0 Å². The lowest BCUT2D eigenvalue weighted by molar-refractivity contribution is -0.119. The fraction of sp³-hybridized carbons (Fsp3) is 0.875. The minimum atomic E-state index is -0.0703. The van der Waals surface area contributed by atoms with Crippen LogP contribution in [0.5, 0.6) is 0 Å². The molecule has 1 unspecified atom stereocenters. The van der Waals surface area contributed by atoms with Crippen molar-refractivity contribution in [3.8, 4) is 0 Å². The first-order chi connectivity index (χ1) is 6.24. The van der Waals surface area contributed by atoms with Gasteiger partial charge in [0.25, 0.3) is 0 Å². The fourth-order valence-corrected chi connectivity index (χ4v) is 0.927. The van der Waals surface area contributed by atoms with Gasteiger partial charge in [0.15, 0.2) is 0 Å². The van der Waals surface area contributed by atoms with E-state index < -0.39 is 0 Å². The van der Waals surface area contributed by atoms with Gasteiger partial charge in [0, 0.05) is 26.8 Å². The zero-order valence-electron chi connectivity index (χ0n) is 8.17. The van der Waals surface area contributed by atoms with E-state index in [4.69, 9.17) is 9.84 Å². The topological polar surface area (TPSA) is 70.6 Å². The Balaban J connectivity index is 3.61. The Morgan fingerprint density at radius 3 is 2.77 bits per heavy atom. The standard InChI is InChI=1S/C8H18N2O3/c1-9-8(12)5-10-7(3-4-11)6-13-2/h7,10-11H,3-6H2,1-2H3,(H,9,12). The number of amides is 1. The van der Waals surface area contributed by atoms with Crippen LogP contribution in [0.4, 0.5) is 0 Å². The Morgan fingerprint density at radius 2 is 2.31 bits per heavy atom. The molecule has 0 saturated carbocycles. The first-order valence-corrected chi connectivity index (χ1v) is 4.28. The molecule has 0 bridgehead atoms. The lowest BCUT2D eigenvalue weighted by Crippen LogP contribution is -2.40. The highest BCUT2D eigenvalue weighted by Gasteiger charge is 2.08. The number of aliphatic hydroxyl groups is 1. The molecule has 0 aromatic carbocycles. The molecular weight excluding hydrogens is 172 g/mol. The number of nitrogens with one attached hydrogen (secondary N) is 2. The number of likely N-dealkylation sites (N-methyl/N-ethyl adjacent to an activating group) is 1. The van der Waals surface area contributed by atoms with Crippen molar-refractivity contribution in [2.24, 2.45) is 0 Å². The number of carbonyl (C=O) groups excluding carboxylic acids is 1. The third kappa shape index (κ3) is 6.51. The van der Waals surface area contributed by atoms with Crippen LogP contribution in [-0.4, -0.2) is 51.0 Å². The van der Waals surface area contributed by atoms with Gasteiger partial charge in [-0.25, -0.2) is 0 Å². The molecule has 0 aliphatic heterocycles. The number of hydrogen-bond donors (Lipinski definition) is 3. The monoisotopic (exact) mass is 190 g/mol. The molecule has 0 heterocycles. The van der Waals surface area contributed by atoms with Crippen LogP contribution < -0.4 is 10.6 Å². The number of aliphatic hydroxyl groups excluding tert-OH is 1. The second-order valence-corrected chi connectivity index (χ2v) is 2.72. The molecule has 13 heavy (non-hydrogen) atoms. The highest BCUT2D eigenvalue weighted by molar-refractivity contribution is 5.77. The maximum absolute atomic E-state index is 10.8. The maximum atomic E-state index is 10.8. The van der Waals surface area contributed by atoms with Crippen LogP contribution in [0.2, 0.25) is 0 Å². The molecule has 1 amide bonds. The second kappa shape index (κ2) is 7.97. The lowest BCUT2D eigenvalue weighted by Gasteiger charge is -2.15. The Labute approximate surface area is 78.5 Å². The summed E-state index contributed by atoms with van der Waals surface area (Å²) in [4.78, 5) is 10.8. The average Bonchev–Trinajstić information content (AvgIpc) is 2.14. The zero-order chi connectivity index (χ0) is 10.1. The normalized spacial score (nSPS) is 12.5. The molecule has 0 saturated heterocycles. The van der Waals surface area contributed by atoms with Crippen molar-refractivity contribution >= 4 is 5.91 Å². The van der Waals surface area contributed by atoms with E-state index in [9.17, 15) is 4.79 Å². The maximum Gasteiger partial charge on any atom is 0.233 e. The SMILES string of the molecule is CNC(=O)CNC(CCO)COC. The Bertz CT molecular complexity index is 135. The highest BCUT2D eigenvalue weighted by atomic mass is 16.5. The molecule has 1 atom stereocenters. The number of hydrogen-bond acceptors (Lipinski definition) is 4. The number of methoxy groups -OCH3 is 1. The van der Waals surface area contributed by atoms with Crippen LogP contribution in [0.1, 0.15) is 6.42 Å². The smallest absolute Gasteiger partial charge is 0.233 e. The van der Waals surface area contributed by atoms with Crippen molar-refractivity contribution in [1.29, 1.82) is 0 Å². The van der Waals surface area contributed by atoms with Crippen molar-refractivity contribution in [2.75, 3.05) is 33.9 Å².